The van der Waals surface area contributed by atoms with Crippen molar-refractivity contribution in [1.29, 1.82) is 0 Å². The lowest BCUT2D eigenvalue weighted by Crippen LogP contribution is -2.35. The van der Waals surface area contributed by atoms with Crippen molar-refractivity contribution in [2.24, 2.45) is 7.05 Å². The van der Waals surface area contributed by atoms with Gasteiger partial charge in [-0.2, -0.15) is 0 Å². The summed E-state index contributed by atoms with van der Waals surface area (Å²) in [5, 5.41) is 0. The molecule has 134 valence electrons. The number of aryl methyl sites for hydroxylation is 1. The van der Waals surface area contributed by atoms with E-state index in [0.29, 0.717) is 13.1 Å². The topological polar surface area (TPSA) is 28.5 Å². The van der Waals surface area contributed by atoms with Gasteiger partial charge in [0.2, 0.25) is 0 Å². The molecule has 0 bridgehead atoms. The molecule has 0 unspecified atom stereocenters. The fraction of sp³-hybridized carbons (Fsp3) is 0.450. The summed E-state index contributed by atoms with van der Waals surface area (Å²) in [6, 6.07) is 8.89. The fourth-order valence-corrected chi connectivity index (χ4v) is 3.44. The first-order valence-electron chi connectivity index (χ1n) is 8.85. The normalized spacial score (nSPS) is 16.1. The quantitative estimate of drug-likeness (QED) is 0.857. The molecular weight excluding hydrogens is 317 g/mol. The van der Waals surface area contributed by atoms with E-state index < -0.39 is 0 Å². The molecule has 1 aliphatic heterocycles. The van der Waals surface area contributed by atoms with Crippen molar-refractivity contribution < 1.29 is 9.18 Å². The molecule has 1 aliphatic rings. The smallest absolute Gasteiger partial charge is 0.255 e. The maximum Gasteiger partial charge on any atom is 0.255 e. The minimum atomic E-state index is -0.157. The number of carbonyl (C=O) groups is 1. The molecule has 1 fully saturated rings. The van der Waals surface area contributed by atoms with Gasteiger partial charge in [0.1, 0.15) is 5.82 Å². The molecule has 2 aromatic rings. The molecule has 0 saturated carbocycles. The Morgan fingerprint density at radius 3 is 2.56 bits per heavy atom. The molecule has 1 aromatic heterocycles. The summed E-state index contributed by atoms with van der Waals surface area (Å²) in [6.07, 6.45) is 0.908. The van der Waals surface area contributed by atoms with E-state index in [1.807, 2.05) is 44.0 Å². The Balaban J connectivity index is 1.66. The van der Waals surface area contributed by atoms with Crippen LogP contribution in [-0.4, -0.2) is 46.5 Å². The molecule has 3 rings (SSSR count). The van der Waals surface area contributed by atoms with Crippen LogP contribution < -0.4 is 0 Å². The Labute approximate surface area is 148 Å². The summed E-state index contributed by atoms with van der Waals surface area (Å²) in [5.74, 6) is -0.0518. The second-order valence-corrected chi connectivity index (χ2v) is 6.86. The van der Waals surface area contributed by atoms with Crippen LogP contribution in [0, 0.1) is 19.7 Å². The van der Waals surface area contributed by atoms with Crippen molar-refractivity contribution >= 4 is 5.91 Å². The minimum Gasteiger partial charge on any atom is -0.351 e. The van der Waals surface area contributed by atoms with Crippen molar-refractivity contribution in [3.8, 4) is 0 Å². The zero-order chi connectivity index (χ0) is 18.0. The standard InChI is InChI=1S/C20H26FN3O/c1-15-13-18(16(2)22(15)3)20(25)24-10-6-9-23(11-12-24)14-17-7-4-5-8-19(17)21/h4-5,7-8,13H,6,9-12,14H2,1-3H3. The second kappa shape index (κ2) is 7.40. The summed E-state index contributed by atoms with van der Waals surface area (Å²) in [7, 11) is 1.99. The highest BCUT2D eigenvalue weighted by Gasteiger charge is 2.23. The number of rotatable bonds is 3. The van der Waals surface area contributed by atoms with Crippen molar-refractivity contribution in [1.82, 2.24) is 14.4 Å². The number of amides is 1. The van der Waals surface area contributed by atoms with Gasteiger partial charge in [0.25, 0.3) is 5.91 Å². The zero-order valence-electron chi connectivity index (χ0n) is 15.3. The highest BCUT2D eigenvalue weighted by molar-refractivity contribution is 5.95. The lowest BCUT2D eigenvalue weighted by molar-refractivity contribution is 0.0760. The summed E-state index contributed by atoms with van der Waals surface area (Å²) in [4.78, 5) is 17.1. The average Bonchev–Trinajstić information content (AvgIpc) is 2.79. The lowest BCUT2D eigenvalue weighted by atomic mass is 10.2. The number of hydrogen-bond acceptors (Lipinski definition) is 2. The molecule has 1 saturated heterocycles. The SMILES string of the molecule is Cc1cc(C(=O)N2CCCN(Cc3ccccc3F)CC2)c(C)n1C. The van der Waals surface area contributed by atoms with Gasteiger partial charge < -0.3 is 9.47 Å². The number of halogens is 1. The third-order valence-electron chi connectivity index (χ3n) is 5.23. The zero-order valence-corrected chi connectivity index (χ0v) is 15.3. The lowest BCUT2D eigenvalue weighted by Gasteiger charge is -2.22. The predicted molar refractivity (Wildman–Crippen MR) is 97.1 cm³/mol. The molecule has 0 aliphatic carbocycles. The molecule has 0 spiro atoms. The van der Waals surface area contributed by atoms with E-state index in [2.05, 4.69) is 9.47 Å². The Bertz CT molecular complexity index is 768. The number of nitrogens with zero attached hydrogens (tertiary/aromatic N) is 3. The van der Waals surface area contributed by atoms with Crippen molar-refractivity contribution in [2.45, 2.75) is 26.8 Å². The highest BCUT2D eigenvalue weighted by Crippen LogP contribution is 2.18. The molecule has 4 nitrogen and oxygen atoms in total. The summed E-state index contributed by atoms with van der Waals surface area (Å²) >= 11 is 0. The maximum atomic E-state index is 13.9. The van der Waals surface area contributed by atoms with E-state index >= 15 is 0 Å². The van der Waals surface area contributed by atoms with Crippen LogP contribution in [-0.2, 0) is 13.6 Å². The average molecular weight is 343 g/mol. The predicted octanol–water partition coefficient (Wildman–Crippen LogP) is 3.13. The Kier molecular flexibility index (Phi) is 5.23. The van der Waals surface area contributed by atoms with Crippen LogP contribution in [0.1, 0.15) is 33.7 Å². The van der Waals surface area contributed by atoms with Crippen LogP contribution in [0.2, 0.25) is 0 Å². The van der Waals surface area contributed by atoms with Crippen LogP contribution >= 0.6 is 0 Å². The molecule has 2 heterocycles. The minimum absolute atomic E-state index is 0.106. The number of aromatic nitrogens is 1. The Morgan fingerprint density at radius 2 is 1.88 bits per heavy atom. The summed E-state index contributed by atoms with van der Waals surface area (Å²) < 4.78 is 15.9. The summed E-state index contributed by atoms with van der Waals surface area (Å²) in [6.45, 7) is 7.68. The maximum absolute atomic E-state index is 13.9. The largest absolute Gasteiger partial charge is 0.351 e. The van der Waals surface area contributed by atoms with E-state index in [1.165, 1.54) is 6.07 Å². The van der Waals surface area contributed by atoms with Gasteiger partial charge in [0, 0.05) is 56.7 Å². The highest BCUT2D eigenvalue weighted by atomic mass is 19.1. The molecule has 1 aromatic carbocycles. The summed E-state index contributed by atoms with van der Waals surface area (Å²) in [5.41, 5.74) is 3.62. The van der Waals surface area contributed by atoms with E-state index in [4.69, 9.17) is 0 Å². The van der Waals surface area contributed by atoms with Crippen molar-refractivity contribution in [2.75, 3.05) is 26.2 Å². The first-order valence-corrected chi connectivity index (χ1v) is 8.85. The Morgan fingerprint density at radius 1 is 1.12 bits per heavy atom. The van der Waals surface area contributed by atoms with Crippen LogP contribution in [0.25, 0.3) is 0 Å². The van der Waals surface area contributed by atoms with Crippen LogP contribution in [0.15, 0.2) is 30.3 Å². The monoisotopic (exact) mass is 343 g/mol. The van der Waals surface area contributed by atoms with E-state index in [-0.39, 0.29) is 11.7 Å². The van der Waals surface area contributed by atoms with Gasteiger partial charge in [-0.05, 0) is 32.4 Å². The number of hydrogen-bond donors (Lipinski definition) is 0. The van der Waals surface area contributed by atoms with E-state index in [9.17, 15) is 9.18 Å². The van der Waals surface area contributed by atoms with E-state index in [0.717, 1.165) is 48.6 Å². The molecule has 0 radical (unpaired) electrons. The number of carbonyl (C=O) groups excluding carboxylic acids is 1. The van der Waals surface area contributed by atoms with Gasteiger partial charge in [0.05, 0.1) is 5.56 Å². The first kappa shape index (κ1) is 17.7. The molecular formula is C20H26FN3O. The van der Waals surface area contributed by atoms with Crippen LogP contribution in [0.3, 0.4) is 0 Å². The fourth-order valence-electron chi connectivity index (χ4n) is 3.44. The van der Waals surface area contributed by atoms with Gasteiger partial charge in [-0.3, -0.25) is 9.69 Å². The molecule has 1 amide bonds. The van der Waals surface area contributed by atoms with E-state index in [1.54, 1.807) is 6.07 Å². The van der Waals surface area contributed by atoms with Crippen LogP contribution in [0.4, 0.5) is 4.39 Å². The molecule has 0 N–H and O–H groups in total. The second-order valence-electron chi connectivity index (χ2n) is 6.86. The third-order valence-corrected chi connectivity index (χ3v) is 5.23. The van der Waals surface area contributed by atoms with Gasteiger partial charge in [-0.15, -0.1) is 0 Å². The van der Waals surface area contributed by atoms with Crippen LogP contribution in [0.5, 0.6) is 0 Å². The van der Waals surface area contributed by atoms with Gasteiger partial charge >= 0.3 is 0 Å². The van der Waals surface area contributed by atoms with Crippen molar-refractivity contribution in [3.63, 3.8) is 0 Å². The molecule has 5 heteroatoms. The number of benzene rings is 1. The van der Waals surface area contributed by atoms with Gasteiger partial charge in [-0.1, -0.05) is 18.2 Å². The van der Waals surface area contributed by atoms with Gasteiger partial charge in [0.15, 0.2) is 0 Å². The first-order chi connectivity index (χ1) is 12.0. The van der Waals surface area contributed by atoms with Crippen molar-refractivity contribution in [3.05, 3.63) is 58.7 Å². The molecule has 25 heavy (non-hydrogen) atoms. The molecule has 0 atom stereocenters. The Hall–Kier alpha value is -2.14. The van der Waals surface area contributed by atoms with Gasteiger partial charge in [-0.25, -0.2) is 4.39 Å². The third kappa shape index (κ3) is 3.76.